The van der Waals surface area contributed by atoms with Crippen LogP contribution in [0.25, 0.3) is 0 Å². The second-order valence-electron chi connectivity index (χ2n) is 4.80. The predicted octanol–water partition coefficient (Wildman–Crippen LogP) is 2.83. The van der Waals surface area contributed by atoms with E-state index in [1.165, 1.54) is 6.07 Å². The van der Waals surface area contributed by atoms with Gasteiger partial charge < -0.3 is 10.8 Å². The highest BCUT2D eigenvalue weighted by atomic mass is 19.1. The second-order valence-corrected chi connectivity index (χ2v) is 4.80. The van der Waals surface area contributed by atoms with Crippen molar-refractivity contribution >= 4 is 0 Å². The van der Waals surface area contributed by atoms with Crippen molar-refractivity contribution in [3.05, 3.63) is 29.3 Å². The van der Waals surface area contributed by atoms with E-state index in [1.807, 2.05) is 0 Å². The average Bonchev–Trinajstić information content (AvgIpc) is 2.37. The van der Waals surface area contributed by atoms with Gasteiger partial charge in [0.1, 0.15) is 0 Å². The molecule has 2 rings (SSSR count). The normalized spacial score (nSPS) is 19.2. The molecule has 2 nitrogen and oxygen atoms in total. The molecule has 1 aromatic carbocycles. The fourth-order valence-corrected chi connectivity index (χ4v) is 2.76. The van der Waals surface area contributed by atoms with Crippen molar-refractivity contribution in [3.63, 3.8) is 0 Å². The summed E-state index contributed by atoms with van der Waals surface area (Å²) in [4.78, 5) is 0. The van der Waals surface area contributed by atoms with Gasteiger partial charge in [-0.1, -0.05) is 25.3 Å². The standard InChI is InChI=1S/C13H17F2NO/c14-10-5-4-9(11(15)12(10)17)13(8-16)6-2-1-3-7-13/h4-5,17H,1-3,6-8,16H2. The van der Waals surface area contributed by atoms with E-state index >= 15 is 0 Å². The van der Waals surface area contributed by atoms with E-state index in [0.29, 0.717) is 12.1 Å². The highest BCUT2D eigenvalue weighted by Gasteiger charge is 2.36. The first-order valence-corrected chi connectivity index (χ1v) is 5.98. The van der Waals surface area contributed by atoms with Crippen LogP contribution >= 0.6 is 0 Å². The van der Waals surface area contributed by atoms with Crippen molar-refractivity contribution in [1.82, 2.24) is 0 Å². The van der Waals surface area contributed by atoms with E-state index < -0.39 is 22.8 Å². The number of halogens is 2. The lowest BCUT2D eigenvalue weighted by Crippen LogP contribution is -2.38. The maximum absolute atomic E-state index is 13.9. The highest BCUT2D eigenvalue weighted by molar-refractivity contribution is 5.37. The molecule has 0 amide bonds. The molecule has 94 valence electrons. The first-order valence-electron chi connectivity index (χ1n) is 5.98. The maximum Gasteiger partial charge on any atom is 0.188 e. The monoisotopic (exact) mass is 241 g/mol. The van der Waals surface area contributed by atoms with Crippen LogP contribution in [0.15, 0.2) is 12.1 Å². The Morgan fingerprint density at radius 3 is 2.41 bits per heavy atom. The molecule has 0 saturated heterocycles. The number of benzene rings is 1. The summed E-state index contributed by atoms with van der Waals surface area (Å²) >= 11 is 0. The Hall–Kier alpha value is -1.16. The molecule has 1 fully saturated rings. The van der Waals surface area contributed by atoms with Gasteiger partial charge in [0.05, 0.1) is 0 Å². The van der Waals surface area contributed by atoms with Crippen LogP contribution in [0, 0.1) is 11.6 Å². The van der Waals surface area contributed by atoms with Gasteiger partial charge in [-0.05, 0) is 24.5 Å². The minimum Gasteiger partial charge on any atom is -0.503 e. The molecule has 0 bridgehead atoms. The largest absolute Gasteiger partial charge is 0.503 e. The predicted molar refractivity (Wildman–Crippen MR) is 61.8 cm³/mol. The summed E-state index contributed by atoms with van der Waals surface area (Å²) in [5.74, 6) is -2.66. The summed E-state index contributed by atoms with van der Waals surface area (Å²) in [5.41, 5.74) is 5.71. The smallest absolute Gasteiger partial charge is 0.188 e. The van der Waals surface area contributed by atoms with Gasteiger partial charge in [-0.15, -0.1) is 0 Å². The summed E-state index contributed by atoms with van der Waals surface area (Å²) < 4.78 is 27.0. The van der Waals surface area contributed by atoms with E-state index in [1.54, 1.807) is 0 Å². The first-order chi connectivity index (χ1) is 8.10. The molecule has 0 atom stereocenters. The molecule has 0 spiro atoms. The lowest BCUT2D eigenvalue weighted by molar-refractivity contribution is 0.285. The third-order valence-corrected chi connectivity index (χ3v) is 3.84. The van der Waals surface area contributed by atoms with Crippen LogP contribution in [0.5, 0.6) is 5.75 Å². The zero-order valence-electron chi connectivity index (χ0n) is 9.68. The Bertz CT molecular complexity index is 414. The van der Waals surface area contributed by atoms with Crippen LogP contribution in [-0.2, 0) is 5.41 Å². The summed E-state index contributed by atoms with van der Waals surface area (Å²) in [7, 11) is 0. The molecule has 0 aromatic heterocycles. The third kappa shape index (κ3) is 2.02. The fourth-order valence-electron chi connectivity index (χ4n) is 2.76. The molecule has 0 heterocycles. The Morgan fingerprint density at radius 1 is 1.18 bits per heavy atom. The minimum atomic E-state index is -0.922. The van der Waals surface area contributed by atoms with Crippen LogP contribution < -0.4 is 5.73 Å². The zero-order valence-corrected chi connectivity index (χ0v) is 9.68. The molecule has 3 N–H and O–H groups in total. The quantitative estimate of drug-likeness (QED) is 0.836. The second kappa shape index (κ2) is 4.61. The molecule has 0 aliphatic heterocycles. The highest BCUT2D eigenvalue weighted by Crippen LogP contribution is 2.41. The SMILES string of the molecule is NCC1(c2ccc(F)c(O)c2F)CCCCC1. The zero-order chi connectivity index (χ0) is 12.5. The molecule has 0 unspecified atom stereocenters. The average molecular weight is 241 g/mol. The Labute approximate surface area is 99.4 Å². The maximum atomic E-state index is 13.9. The van der Waals surface area contributed by atoms with Gasteiger partial charge >= 0.3 is 0 Å². The molecule has 17 heavy (non-hydrogen) atoms. The van der Waals surface area contributed by atoms with Gasteiger partial charge in [0.2, 0.25) is 0 Å². The minimum absolute atomic E-state index is 0.328. The van der Waals surface area contributed by atoms with Gasteiger partial charge in [0, 0.05) is 12.0 Å². The first kappa shape index (κ1) is 12.3. The Balaban J connectivity index is 2.47. The van der Waals surface area contributed by atoms with E-state index in [2.05, 4.69) is 0 Å². The van der Waals surface area contributed by atoms with Crippen LogP contribution in [0.2, 0.25) is 0 Å². The fraction of sp³-hybridized carbons (Fsp3) is 0.538. The van der Waals surface area contributed by atoms with Crippen LogP contribution in [-0.4, -0.2) is 11.7 Å². The number of nitrogens with two attached hydrogens (primary N) is 1. The van der Waals surface area contributed by atoms with Gasteiger partial charge in [-0.3, -0.25) is 0 Å². The van der Waals surface area contributed by atoms with Gasteiger partial charge in [-0.25, -0.2) is 8.78 Å². The molecule has 1 aliphatic rings. The number of phenols is 1. The lowest BCUT2D eigenvalue weighted by atomic mass is 9.69. The lowest BCUT2D eigenvalue weighted by Gasteiger charge is -2.37. The van der Waals surface area contributed by atoms with Crippen molar-refractivity contribution in [3.8, 4) is 5.75 Å². The number of phenolic OH excluding ortho intramolecular Hbond substituents is 1. The van der Waals surface area contributed by atoms with E-state index in [4.69, 9.17) is 5.73 Å². The van der Waals surface area contributed by atoms with E-state index in [0.717, 1.165) is 38.2 Å². The molecule has 1 aromatic rings. The third-order valence-electron chi connectivity index (χ3n) is 3.84. The van der Waals surface area contributed by atoms with E-state index in [9.17, 15) is 13.9 Å². The summed E-state index contributed by atoms with van der Waals surface area (Å²) in [6.07, 6.45) is 4.71. The van der Waals surface area contributed by atoms with Crippen molar-refractivity contribution in [2.45, 2.75) is 37.5 Å². The molecular formula is C13H17F2NO. The number of hydrogen-bond donors (Lipinski definition) is 2. The summed E-state index contributed by atoms with van der Waals surface area (Å²) in [5, 5.41) is 9.34. The van der Waals surface area contributed by atoms with Crippen molar-refractivity contribution in [2.24, 2.45) is 5.73 Å². The molecule has 1 saturated carbocycles. The van der Waals surface area contributed by atoms with Crippen molar-refractivity contribution in [2.75, 3.05) is 6.54 Å². The number of hydrogen-bond acceptors (Lipinski definition) is 2. The Morgan fingerprint density at radius 2 is 1.82 bits per heavy atom. The summed E-state index contributed by atoms with van der Waals surface area (Å²) in [6, 6.07) is 2.53. The molecule has 4 heteroatoms. The van der Waals surface area contributed by atoms with E-state index in [-0.39, 0.29) is 0 Å². The Kier molecular flexibility index (Phi) is 3.33. The number of rotatable bonds is 2. The van der Waals surface area contributed by atoms with Gasteiger partial charge in [0.25, 0.3) is 0 Å². The summed E-state index contributed by atoms with van der Waals surface area (Å²) in [6.45, 7) is 0.328. The molecule has 1 aliphatic carbocycles. The van der Waals surface area contributed by atoms with Crippen molar-refractivity contribution in [1.29, 1.82) is 0 Å². The topological polar surface area (TPSA) is 46.2 Å². The van der Waals surface area contributed by atoms with Crippen LogP contribution in [0.3, 0.4) is 0 Å². The van der Waals surface area contributed by atoms with Gasteiger partial charge in [-0.2, -0.15) is 0 Å². The van der Waals surface area contributed by atoms with Crippen LogP contribution in [0.4, 0.5) is 8.78 Å². The number of aromatic hydroxyl groups is 1. The molecular weight excluding hydrogens is 224 g/mol. The molecule has 0 radical (unpaired) electrons. The van der Waals surface area contributed by atoms with Crippen LogP contribution in [0.1, 0.15) is 37.7 Å². The van der Waals surface area contributed by atoms with Gasteiger partial charge in [0.15, 0.2) is 17.4 Å². The van der Waals surface area contributed by atoms with Crippen molar-refractivity contribution < 1.29 is 13.9 Å².